The number of likely N-dealkylation sites (tertiary alicyclic amines) is 1. The van der Waals surface area contributed by atoms with Crippen LogP contribution in [0.2, 0.25) is 0 Å². The molecule has 2 aliphatic heterocycles. The molecule has 1 aromatic rings. The van der Waals surface area contributed by atoms with Gasteiger partial charge in [-0.1, -0.05) is 13.8 Å². The Bertz CT molecular complexity index is 654. The zero-order valence-electron chi connectivity index (χ0n) is 17.2. The molecule has 0 bridgehead atoms. The molecule has 154 valence electrons. The molecule has 0 aromatic carbocycles. The molecule has 2 amide bonds. The van der Waals surface area contributed by atoms with E-state index in [1.165, 1.54) is 0 Å². The third-order valence-electron chi connectivity index (χ3n) is 6.03. The molecule has 1 atom stereocenters. The van der Waals surface area contributed by atoms with E-state index in [9.17, 15) is 9.59 Å². The fourth-order valence-corrected chi connectivity index (χ4v) is 4.22. The maximum absolute atomic E-state index is 12.4. The van der Waals surface area contributed by atoms with Crippen LogP contribution in [0.3, 0.4) is 0 Å². The van der Waals surface area contributed by atoms with Gasteiger partial charge in [0, 0.05) is 45.1 Å². The summed E-state index contributed by atoms with van der Waals surface area (Å²) in [5, 5.41) is 3.05. The molecule has 2 saturated heterocycles. The zero-order chi connectivity index (χ0) is 20.0. The van der Waals surface area contributed by atoms with E-state index < -0.39 is 0 Å². The van der Waals surface area contributed by atoms with Crippen molar-refractivity contribution in [3.63, 3.8) is 0 Å². The van der Waals surface area contributed by atoms with Gasteiger partial charge < -0.3 is 15.0 Å². The smallest absolute Gasteiger partial charge is 0.252 e. The Morgan fingerprint density at radius 2 is 2.14 bits per heavy atom. The van der Waals surface area contributed by atoms with Crippen molar-refractivity contribution >= 4 is 11.8 Å². The Balaban J connectivity index is 1.46. The van der Waals surface area contributed by atoms with E-state index in [-0.39, 0.29) is 17.4 Å². The Morgan fingerprint density at radius 3 is 2.82 bits per heavy atom. The van der Waals surface area contributed by atoms with Crippen LogP contribution in [0, 0.1) is 11.8 Å². The van der Waals surface area contributed by atoms with Crippen LogP contribution in [0.15, 0.2) is 24.5 Å². The second-order valence-electron chi connectivity index (χ2n) is 8.66. The van der Waals surface area contributed by atoms with Crippen molar-refractivity contribution in [3.8, 4) is 0 Å². The number of carbonyl (C=O) groups is 2. The van der Waals surface area contributed by atoms with Gasteiger partial charge >= 0.3 is 0 Å². The fraction of sp³-hybridized carbons (Fsp3) is 0.682. The predicted molar refractivity (Wildman–Crippen MR) is 108 cm³/mol. The Kier molecular flexibility index (Phi) is 7.05. The summed E-state index contributed by atoms with van der Waals surface area (Å²) in [7, 11) is 0. The summed E-state index contributed by atoms with van der Waals surface area (Å²) >= 11 is 0. The molecule has 1 unspecified atom stereocenters. The van der Waals surface area contributed by atoms with Crippen LogP contribution in [-0.4, -0.2) is 53.5 Å². The second kappa shape index (κ2) is 9.50. The monoisotopic (exact) mass is 387 g/mol. The van der Waals surface area contributed by atoms with Gasteiger partial charge in [-0.25, -0.2) is 0 Å². The number of ether oxygens (including phenoxy) is 1. The Morgan fingerprint density at radius 1 is 1.36 bits per heavy atom. The van der Waals surface area contributed by atoms with Crippen LogP contribution in [0.1, 0.15) is 62.7 Å². The highest BCUT2D eigenvalue weighted by Gasteiger charge is 2.41. The molecule has 0 saturated carbocycles. The van der Waals surface area contributed by atoms with Crippen molar-refractivity contribution < 1.29 is 14.3 Å². The first-order chi connectivity index (χ1) is 13.5. The number of nitrogens with zero attached hydrogens (tertiary/aromatic N) is 2. The average Bonchev–Trinajstić information content (AvgIpc) is 2.71. The first kappa shape index (κ1) is 20.8. The van der Waals surface area contributed by atoms with Gasteiger partial charge in [0.15, 0.2) is 0 Å². The Labute approximate surface area is 168 Å². The number of hydrogen-bond donors (Lipinski definition) is 1. The summed E-state index contributed by atoms with van der Waals surface area (Å²) in [5.74, 6) is 1.18. The lowest BCUT2D eigenvalue weighted by atomic mass is 9.79. The molecule has 0 aliphatic carbocycles. The molecule has 1 spiro atoms. The molecule has 1 N–H and O–H groups in total. The Hall–Kier alpha value is -1.95. The number of nitrogens with one attached hydrogen (secondary N) is 1. The number of rotatable bonds is 6. The van der Waals surface area contributed by atoms with Crippen LogP contribution in [0.4, 0.5) is 0 Å². The summed E-state index contributed by atoms with van der Waals surface area (Å²) in [6, 6.07) is 3.55. The first-order valence-corrected chi connectivity index (χ1v) is 10.6. The number of piperidine rings is 1. The number of amides is 2. The summed E-state index contributed by atoms with van der Waals surface area (Å²) in [6.07, 6.45) is 8.57. The van der Waals surface area contributed by atoms with Crippen molar-refractivity contribution in [2.45, 2.75) is 58.0 Å². The highest BCUT2D eigenvalue weighted by Crippen LogP contribution is 2.37. The molecule has 3 heterocycles. The summed E-state index contributed by atoms with van der Waals surface area (Å²) in [5.41, 5.74) is 0.467. The van der Waals surface area contributed by atoms with Gasteiger partial charge in [0.2, 0.25) is 5.91 Å². The van der Waals surface area contributed by atoms with Gasteiger partial charge in [-0.2, -0.15) is 0 Å². The molecule has 2 fully saturated rings. The van der Waals surface area contributed by atoms with Gasteiger partial charge in [0.05, 0.1) is 11.2 Å². The largest absolute Gasteiger partial charge is 0.375 e. The minimum atomic E-state index is -0.128. The van der Waals surface area contributed by atoms with E-state index in [4.69, 9.17) is 4.74 Å². The summed E-state index contributed by atoms with van der Waals surface area (Å²) in [6.45, 7) is 7.27. The molecular formula is C22H33N3O3. The van der Waals surface area contributed by atoms with Crippen molar-refractivity contribution in [2.75, 3.05) is 26.2 Å². The zero-order valence-corrected chi connectivity index (χ0v) is 17.2. The second-order valence-corrected chi connectivity index (χ2v) is 8.66. The lowest BCUT2D eigenvalue weighted by Crippen LogP contribution is -2.51. The number of pyridine rings is 1. The van der Waals surface area contributed by atoms with Gasteiger partial charge in [0.25, 0.3) is 5.91 Å². The third kappa shape index (κ3) is 5.53. The quantitative estimate of drug-likeness (QED) is 0.814. The topological polar surface area (TPSA) is 71.5 Å². The van der Waals surface area contributed by atoms with E-state index in [1.54, 1.807) is 24.5 Å². The van der Waals surface area contributed by atoms with Crippen LogP contribution >= 0.6 is 0 Å². The third-order valence-corrected chi connectivity index (χ3v) is 6.03. The van der Waals surface area contributed by atoms with E-state index in [1.807, 2.05) is 4.90 Å². The van der Waals surface area contributed by atoms with Crippen LogP contribution in [0.25, 0.3) is 0 Å². The summed E-state index contributed by atoms with van der Waals surface area (Å²) in [4.78, 5) is 30.6. The van der Waals surface area contributed by atoms with Gasteiger partial charge in [-0.15, -0.1) is 0 Å². The van der Waals surface area contributed by atoms with Crippen LogP contribution in [-0.2, 0) is 9.53 Å². The SMILES string of the molecule is CC(C)CCC(=O)N1CCC2(CC1)CC(CNC(=O)c1cccnc1)CCO2. The van der Waals surface area contributed by atoms with E-state index >= 15 is 0 Å². The van der Waals surface area contributed by atoms with Crippen molar-refractivity contribution in [3.05, 3.63) is 30.1 Å². The van der Waals surface area contributed by atoms with Gasteiger partial charge in [0.1, 0.15) is 0 Å². The molecule has 2 aliphatic rings. The molecule has 3 rings (SSSR count). The van der Waals surface area contributed by atoms with Gasteiger partial charge in [-0.05, 0) is 56.1 Å². The average molecular weight is 388 g/mol. The normalized spacial score (nSPS) is 21.7. The standard InChI is InChI=1S/C22H33N3O3/c1-17(2)5-6-20(26)25-11-8-22(9-12-25)14-18(7-13-28-22)15-24-21(27)19-4-3-10-23-16-19/h3-4,10,16-18H,5-9,11-15H2,1-2H3,(H,24,27). The molecule has 6 heteroatoms. The predicted octanol–water partition coefficient (Wildman–Crippen LogP) is 3.04. The van der Waals surface area contributed by atoms with E-state index in [0.29, 0.717) is 30.4 Å². The van der Waals surface area contributed by atoms with Gasteiger partial charge in [-0.3, -0.25) is 14.6 Å². The number of aromatic nitrogens is 1. The van der Waals surface area contributed by atoms with Crippen molar-refractivity contribution in [2.24, 2.45) is 11.8 Å². The van der Waals surface area contributed by atoms with Crippen molar-refractivity contribution in [1.29, 1.82) is 0 Å². The van der Waals surface area contributed by atoms with Crippen molar-refractivity contribution in [1.82, 2.24) is 15.2 Å². The fourth-order valence-electron chi connectivity index (χ4n) is 4.22. The number of carbonyl (C=O) groups excluding carboxylic acids is 2. The first-order valence-electron chi connectivity index (χ1n) is 10.6. The minimum Gasteiger partial charge on any atom is -0.375 e. The highest BCUT2D eigenvalue weighted by molar-refractivity contribution is 5.93. The molecule has 0 radical (unpaired) electrons. The lowest BCUT2D eigenvalue weighted by Gasteiger charge is -2.46. The minimum absolute atomic E-state index is 0.0702. The molecule has 6 nitrogen and oxygen atoms in total. The molecule has 28 heavy (non-hydrogen) atoms. The number of hydrogen-bond acceptors (Lipinski definition) is 4. The highest BCUT2D eigenvalue weighted by atomic mass is 16.5. The molecular weight excluding hydrogens is 354 g/mol. The molecule has 1 aromatic heterocycles. The maximum atomic E-state index is 12.4. The summed E-state index contributed by atoms with van der Waals surface area (Å²) < 4.78 is 6.19. The van der Waals surface area contributed by atoms with E-state index in [0.717, 1.165) is 51.8 Å². The maximum Gasteiger partial charge on any atom is 0.252 e. The lowest BCUT2D eigenvalue weighted by molar-refractivity contribution is -0.147. The van der Waals surface area contributed by atoms with Crippen LogP contribution < -0.4 is 5.32 Å². The van der Waals surface area contributed by atoms with E-state index in [2.05, 4.69) is 24.1 Å². The van der Waals surface area contributed by atoms with Crippen LogP contribution in [0.5, 0.6) is 0 Å².